The molecule has 9 heteroatoms. The van der Waals surface area contributed by atoms with Gasteiger partial charge in [0.2, 0.25) is 5.91 Å². The molecular weight excluding hydrogens is 400 g/mol. The number of fused-ring (bicyclic) bond motifs is 1. The molecule has 0 bridgehead atoms. The minimum Gasteiger partial charge on any atom is -0.373 e. The van der Waals surface area contributed by atoms with Gasteiger partial charge < -0.3 is 15.1 Å². The molecule has 1 saturated heterocycles. The molecule has 0 saturated carbocycles. The Hall–Kier alpha value is -2.55. The lowest BCUT2D eigenvalue weighted by atomic mass is 10.00. The van der Waals surface area contributed by atoms with E-state index in [4.69, 9.17) is 9.97 Å². The van der Waals surface area contributed by atoms with Crippen molar-refractivity contribution in [3.8, 4) is 0 Å². The fraction of sp³-hybridized carbons (Fsp3) is 0.571. The summed E-state index contributed by atoms with van der Waals surface area (Å²) in [6, 6.07) is -0.0730. The highest BCUT2D eigenvalue weighted by Crippen LogP contribution is 2.33. The number of rotatable bonds is 3. The number of hydrogen-bond acceptors (Lipinski definition) is 7. The first-order chi connectivity index (χ1) is 14.4. The van der Waals surface area contributed by atoms with Gasteiger partial charge in [-0.1, -0.05) is 0 Å². The Morgan fingerprint density at radius 3 is 2.60 bits per heavy atom. The smallest absolute Gasteiger partial charge is 0.266 e. The molecule has 1 N–H and O–H groups in total. The van der Waals surface area contributed by atoms with E-state index in [0.29, 0.717) is 30.2 Å². The summed E-state index contributed by atoms with van der Waals surface area (Å²) in [4.78, 5) is 43.7. The van der Waals surface area contributed by atoms with Gasteiger partial charge in [0.05, 0.1) is 29.0 Å². The van der Waals surface area contributed by atoms with Crippen LogP contribution in [-0.2, 0) is 17.8 Å². The van der Waals surface area contributed by atoms with Crippen molar-refractivity contribution in [2.24, 2.45) is 0 Å². The summed E-state index contributed by atoms with van der Waals surface area (Å²) < 4.78 is 0. The molecule has 0 unspecified atom stereocenters. The van der Waals surface area contributed by atoms with Crippen molar-refractivity contribution in [1.82, 2.24) is 24.8 Å². The van der Waals surface area contributed by atoms with Crippen molar-refractivity contribution >= 4 is 29.0 Å². The van der Waals surface area contributed by atoms with Crippen molar-refractivity contribution in [2.75, 3.05) is 25.5 Å². The normalized spacial score (nSPS) is 18.9. The Labute approximate surface area is 180 Å². The summed E-state index contributed by atoms with van der Waals surface area (Å²) in [5, 5.41) is 4.09. The van der Waals surface area contributed by atoms with Crippen LogP contribution in [0.2, 0.25) is 0 Å². The highest BCUT2D eigenvalue weighted by atomic mass is 32.1. The maximum atomic E-state index is 13.1. The SMILES string of the molecule is CNc1nc([C@@H]2CCCCN2C(C)=O)nc2c1CN(C(=O)c1sc(C)nc1C)CC2. The van der Waals surface area contributed by atoms with Crippen molar-refractivity contribution in [2.45, 2.75) is 59.0 Å². The third kappa shape index (κ3) is 3.78. The molecule has 4 rings (SSSR count). The first-order valence-corrected chi connectivity index (χ1v) is 11.3. The molecule has 2 aliphatic rings. The van der Waals surface area contributed by atoms with Crippen molar-refractivity contribution in [3.63, 3.8) is 0 Å². The topological polar surface area (TPSA) is 91.3 Å². The van der Waals surface area contributed by atoms with E-state index in [1.54, 1.807) is 6.92 Å². The third-order valence-electron chi connectivity index (χ3n) is 5.90. The Morgan fingerprint density at radius 1 is 1.13 bits per heavy atom. The lowest BCUT2D eigenvalue weighted by molar-refractivity contribution is -0.132. The predicted octanol–water partition coefficient (Wildman–Crippen LogP) is 2.86. The molecule has 2 aliphatic heterocycles. The summed E-state index contributed by atoms with van der Waals surface area (Å²) in [6.07, 6.45) is 3.65. The second kappa shape index (κ2) is 8.29. The number of aromatic nitrogens is 3. The molecular formula is C21H28N6O2S. The van der Waals surface area contributed by atoms with E-state index in [-0.39, 0.29) is 17.9 Å². The van der Waals surface area contributed by atoms with Crippen LogP contribution in [0.3, 0.4) is 0 Å². The number of nitrogens with one attached hydrogen (secondary N) is 1. The van der Waals surface area contributed by atoms with Crippen LogP contribution in [0.5, 0.6) is 0 Å². The van der Waals surface area contributed by atoms with Crippen LogP contribution < -0.4 is 5.32 Å². The molecule has 2 amide bonds. The molecule has 0 radical (unpaired) electrons. The summed E-state index contributed by atoms with van der Waals surface area (Å²) in [5.41, 5.74) is 2.72. The third-order valence-corrected chi connectivity index (χ3v) is 6.97. The zero-order valence-corrected chi connectivity index (χ0v) is 18.8. The minimum atomic E-state index is -0.0730. The van der Waals surface area contributed by atoms with E-state index in [0.717, 1.165) is 53.6 Å². The van der Waals surface area contributed by atoms with Gasteiger partial charge in [-0.2, -0.15) is 0 Å². The number of aryl methyl sites for hydroxylation is 2. The number of hydrogen-bond donors (Lipinski definition) is 1. The van der Waals surface area contributed by atoms with Gasteiger partial charge in [0.15, 0.2) is 5.82 Å². The van der Waals surface area contributed by atoms with Gasteiger partial charge in [-0.3, -0.25) is 9.59 Å². The summed E-state index contributed by atoms with van der Waals surface area (Å²) >= 11 is 1.44. The van der Waals surface area contributed by atoms with Crippen molar-refractivity contribution in [1.29, 1.82) is 0 Å². The van der Waals surface area contributed by atoms with Gasteiger partial charge in [-0.05, 0) is 33.1 Å². The highest BCUT2D eigenvalue weighted by molar-refractivity contribution is 7.13. The number of anilines is 1. The summed E-state index contributed by atoms with van der Waals surface area (Å²) in [6.45, 7) is 7.26. The molecule has 1 atom stereocenters. The van der Waals surface area contributed by atoms with Crippen LogP contribution in [0.4, 0.5) is 5.82 Å². The van der Waals surface area contributed by atoms with E-state index in [1.807, 2.05) is 30.7 Å². The maximum Gasteiger partial charge on any atom is 0.266 e. The standard InChI is InChI=1S/C21H28N6O2S/c1-12-18(30-13(2)23-12)21(29)26-10-8-16-15(11-26)19(22-4)25-20(24-16)17-7-5-6-9-27(17)14(3)28/h17H,5-11H2,1-4H3,(H,22,24,25)/t17-/m0/s1. The zero-order valence-electron chi connectivity index (χ0n) is 18.0. The molecule has 1 fully saturated rings. The van der Waals surface area contributed by atoms with E-state index >= 15 is 0 Å². The van der Waals surface area contributed by atoms with Crippen LogP contribution >= 0.6 is 11.3 Å². The van der Waals surface area contributed by atoms with E-state index in [2.05, 4.69) is 10.3 Å². The number of likely N-dealkylation sites (tertiary alicyclic amines) is 1. The highest BCUT2D eigenvalue weighted by Gasteiger charge is 2.32. The van der Waals surface area contributed by atoms with Crippen LogP contribution in [0.1, 0.15) is 69.7 Å². The molecule has 160 valence electrons. The van der Waals surface area contributed by atoms with Crippen LogP contribution in [0.15, 0.2) is 0 Å². The van der Waals surface area contributed by atoms with Gasteiger partial charge in [0, 0.05) is 39.0 Å². The van der Waals surface area contributed by atoms with Crippen molar-refractivity contribution < 1.29 is 9.59 Å². The van der Waals surface area contributed by atoms with E-state index < -0.39 is 0 Å². The Balaban J connectivity index is 1.63. The lowest BCUT2D eigenvalue weighted by Gasteiger charge is -2.35. The van der Waals surface area contributed by atoms with Crippen LogP contribution in [0.25, 0.3) is 0 Å². The maximum absolute atomic E-state index is 13.1. The van der Waals surface area contributed by atoms with Gasteiger partial charge >= 0.3 is 0 Å². The first-order valence-electron chi connectivity index (χ1n) is 10.5. The first kappa shape index (κ1) is 20.7. The predicted molar refractivity (Wildman–Crippen MR) is 116 cm³/mol. The number of thiazole rings is 1. The minimum absolute atomic E-state index is 0.0184. The number of piperidine rings is 1. The number of nitrogens with zero attached hydrogens (tertiary/aromatic N) is 5. The fourth-order valence-corrected chi connectivity index (χ4v) is 5.30. The second-order valence-electron chi connectivity index (χ2n) is 7.95. The molecule has 2 aromatic heterocycles. The van der Waals surface area contributed by atoms with Crippen LogP contribution in [-0.4, -0.2) is 56.7 Å². The summed E-state index contributed by atoms with van der Waals surface area (Å²) in [7, 11) is 1.84. The average molecular weight is 429 g/mol. The Bertz CT molecular complexity index is 971. The number of carbonyl (C=O) groups excluding carboxylic acids is 2. The molecule has 30 heavy (non-hydrogen) atoms. The second-order valence-corrected chi connectivity index (χ2v) is 9.16. The van der Waals surface area contributed by atoms with Gasteiger partial charge in [0.1, 0.15) is 10.7 Å². The molecule has 0 spiro atoms. The molecule has 4 heterocycles. The molecule has 0 aliphatic carbocycles. The number of carbonyl (C=O) groups is 2. The van der Waals surface area contributed by atoms with Crippen molar-refractivity contribution in [3.05, 3.63) is 32.7 Å². The largest absolute Gasteiger partial charge is 0.373 e. The Kier molecular flexibility index (Phi) is 5.73. The van der Waals surface area contributed by atoms with Gasteiger partial charge in [-0.25, -0.2) is 15.0 Å². The lowest BCUT2D eigenvalue weighted by Crippen LogP contribution is -2.39. The fourth-order valence-electron chi connectivity index (χ4n) is 4.41. The van der Waals surface area contributed by atoms with Gasteiger partial charge in [0.25, 0.3) is 5.91 Å². The quantitative estimate of drug-likeness (QED) is 0.808. The molecule has 2 aromatic rings. The Morgan fingerprint density at radius 2 is 1.93 bits per heavy atom. The average Bonchev–Trinajstić information content (AvgIpc) is 3.09. The van der Waals surface area contributed by atoms with Gasteiger partial charge in [-0.15, -0.1) is 11.3 Å². The van der Waals surface area contributed by atoms with E-state index in [9.17, 15) is 9.59 Å². The monoisotopic (exact) mass is 428 g/mol. The zero-order chi connectivity index (χ0) is 21.4. The molecule has 8 nitrogen and oxygen atoms in total. The van der Waals surface area contributed by atoms with E-state index in [1.165, 1.54) is 11.3 Å². The number of amides is 2. The summed E-state index contributed by atoms with van der Waals surface area (Å²) in [5.74, 6) is 1.55. The molecule has 0 aromatic carbocycles. The van der Waals surface area contributed by atoms with Crippen LogP contribution in [0, 0.1) is 13.8 Å².